The van der Waals surface area contributed by atoms with Gasteiger partial charge in [0.25, 0.3) is 0 Å². The summed E-state index contributed by atoms with van der Waals surface area (Å²) in [7, 11) is 0. The van der Waals surface area contributed by atoms with Crippen molar-refractivity contribution in [3.05, 3.63) is 42.0 Å². The van der Waals surface area contributed by atoms with Crippen LogP contribution in [0.3, 0.4) is 0 Å². The van der Waals surface area contributed by atoms with Gasteiger partial charge in [-0.15, -0.1) is 0 Å². The maximum atomic E-state index is 15.5. The van der Waals surface area contributed by atoms with Crippen LogP contribution < -0.4 is 10.6 Å². The van der Waals surface area contributed by atoms with E-state index in [1.165, 1.54) is 0 Å². The molecule has 35 heavy (non-hydrogen) atoms. The number of aromatic nitrogens is 3. The first-order valence-corrected chi connectivity index (χ1v) is 13.1. The third-order valence-electron chi connectivity index (χ3n) is 7.38. The molecule has 8 heteroatoms. The molecule has 1 aliphatic heterocycles. The van der Waals surface area contributed by atoms with Crippen molar-refractivity contribution in [3.8, 4) is 11.1 Å². The van der Waals surface area contributed by atoms with Crippen molar-refractivity contribution in [1.82, 2.24) is 24.8 Å². The number of aliphatic hydroxyl groups is 1. The average molecular weight is 481 g/mol. The van der Waals surface area contributed by atoms with E-state index in [1.807, 2.05) is 24.5 Å². The monoisotopic (exact) mass is 480 g/mol. The zero-order valence-corrected chi connectivity index (χ0v) is 20.6. The molecular formula is C27H37FN6O. The fourth-order valence-corrected chi connectivity index (χ4v) is 5.32. The molecule has 0 atom stereocenters. The number of anilines is 1. The Morgan fingerprint density at radius 1 is 1.14 bits per heavy atom. The van der Waals surface area contributed by atoms with Crippen LogP contribution in [0.25, 0.3) is 22.2 Å². The van der Waals surface area contributed by atoms with Gasteiger partial charge in [-0.05, 0) is 43.7 Å². The summed E-state index contributed by atoms with van der Waals surface area (Å²) in [6, 6.07) is 5.87. The summed E-state index contributed by atoms with van der Waals surface area (Å²) >= 11 is 0. The zero-order valence-electron chi connectivity index (χ0n) is 20.6. The normalized spacial score (nSPS) is 21.5. The summed E-state index contributed by atoms with van der Waals surface area (Å²) < 4.78 is 17.7. The Labute approximate surface area is 206 Å². The Bertz CT molecular complexity index is 1130. The summed E-state index contributed by atoms with van der Waals surface area (Å²) in [4.78, 5) is 11.8. The van der Waals surface area contributed by atoms with Crippen LogP contribution >= 0.6 is 0 Å². The van der Waals surface area contributed by atoms with Gasteiger partial charge in [-0.3, -0.25) is 4.90 Å². The summed E-state index contributed by atoms with van der Waals surface area (Å²) in [5, 5.41) is 17.6. The van der Waals surface area contributed by atoms with Crippen molar-refractivity contribution in [2.45, 2.75) is 64.1 Å². The summed E-state index contributed by atoms with van der Waals surface area (Å²) in [6.07, 6.45) is 9.14. The van der Waals surface area contributed by atoms with Gasteiger partial charge in [0.1, 0.15) is 11.5 Å². The lowest BCUT2D eigenvalue weighted by Gasteiger charge is -2.27. The van der Waals surface area contributed by atoms with E-state index in [4.69, 9.17) is 4.98 Å². The second-order valence-electron chi connectivity index (χ2n) is 9.96. The van der Waals surface area contributed by atoms with Crippen LogP contribution in [-0.2, 0) is 6.54 Å². The van der Waals surface area contributed by atoms with E-state index in [9.17, 15) is 5.11 Å². The van der Waals surface area contributed by atoms with Gasteiger partial charge in [0, 0.05) is 74.2 Å². The largest absolute Gasteiger partial charge is 0.393 e. The number of unbranched alkanes of at least 4 members (excludes halogenated alkanes) is 1. The van der Waals surface area contributed by atoms with Crippen LogP contribution in [0.1, 0.15) is 57.1 Å². The van der Waals surface area contributed by atoms with Crippen LogP contribution in [0.4, 0.5) is 10.3 Å². The second-order valence-corrected chi connectivity index (χ2v) is 9.96. The van der Waals surface area contributed by atoms with Crippen molar-refractivity contribution in [1.29, 1.82) is 0 Å². The van der Waals surface area contributed by atoms with E-state index in [2.05, 4.69) is 32.0 Å². The van der Waals surface area contributed by atoms with Gasteiger partial charge in [-0.1, -0.05) is 25.5 Å². The highest BCUT2D eigenvalue weighted by molar-refractivity contribution is 5.94. The van der Waals surface area contributed by atoms with Crippen LogP contribution in [0, 0.1) is 5.82 Å². The highest BCUT2D eigenvalue weighted by Crippen LogP contribution is 2.37. The predicted molar refractivity (Wildman–Crippen MR) is 138 cm³/mol. The minimum absolute atomic E-state index is 0.208. The summed E-state index contributed by atoms with van der Waals surface area (Å²) in [5.74, 6) is 0.403. The molecule has 0 unspecified atom stereocenters. The van der Waals surface area contributed by atoms with Crippen LogP contribution in [0.15, 0.2) is 30.6 Å². The molecule has 0 amide bonds. The Hall–Kier alpha value is -2.55. The number of hydrogen-bond donors (Lipinski definition) is 3. The van der Waals surface area contributed by atoms with E-state index in [-0.39, 0.29) is 18.0 Å². The summed E-state index contributed by atoms with van der Waals surface area (Å²) in [5.41, 5.74) is 3.25. The first-order chi connectivity index (χ1) is 17.1. The lowest BCUT2D eigenvalue weighted by atomic mass is 9.93. The topological polar surface area (TPSA) is 78.2 Å². The van der Waals surface area contributed by atoms with Crippen molar-refractivity contribution in [2.24, 2.45) is 0 Å². The Morgan fingerprint density at radius 2 is 1.94 bits per heavy atom. The molecule has 7 nitrogen and oxygen atoms in total. The van der Waals surface area contributed by atoms with Gasteiger partial charge >= 0.3 is 0 Å². The average Bonchev–Trinajstić information content (AvgIpc) is 3.24. The number of fused-ring (bicyclic) bond motifs is 1. The van der Waals surface area contributed by atoms with Gasteiger partial charge in [0.2, 0.25) is 5.95 Å². The molecule has 188 valence electrons. The molecule has 1 aliphatic carbocycles. The lowest BCUT2D eigenvalue weighted by molar-refractivity contribution is 0.111. The van der Waals surface area contributed by atoms with E-state index < -0.39 is 0 Å². The molecule has 3 N–H and O–H groups in total. The molecule has 0 bridgehead atoms. The molecule has 0 spiro atoms. The maximum Gasteiger partial charge on any atom is 0.224 e. The van der Waals surface area contributed by atoms with Crippen LogP contribution in [-0.4, -0.2) is 63.4 Å². The number of halogens is 1. The molecule has 2 aromatic heterocycles. The maximum absolute atomic E-state index is 15.5. The lowest BCUT2D eigenvalue weighted by Crippen LogP contribution is -2.42. The molecule has 3 heterocycles. The number of nitrogens with zero attached hydrogens (tertiary/aromatic N) is 4. The molecular weight excluding hydrogens is 443 g/mol. The van der Waals surface area contributed by atoms with Crippen LogP contribution in [0.5, 0.6) is 0 Å². The Morgan fingerprint density at radius 3 is 2.69 bits per heavy atom. The van der Waals surface area contributed by atoms with Gasteiger partial charge in [0.15, 0.2) is 0 Å². The van der Waals surface area contributed by atoms with Crippen LogP contribution in [0.2, 0.25) is 0 Å². The minimum Gasteiger partial charge on any atom is -0.393 e. The summed E-state index contributed by atoms with van der Waals surface area (Å²) in [6.45, 7) is 7.68. The SMILES string of the molecule is CCCCNc1ncc2c(-c3ccc(CN4CCNCC4)cc3F)cn(C3CCC(O)CC3)c2n1. The first-order valence-electron chi connectivity index (χ1n) is 13.1. The Kier molecular flexibility index (Phi) is 7.60. The van der Waals surface area contributed by atoms with Gasteiger partial charge in [-0.2, -0.15) is 4.98 Å². The Balaban J connectivity index is 1.48. The van der Waals surface area contributed by atoms with Gasteiger partial charge in [0.05, 0.1) is 6.10 Å². The number of nitrogens with one attached hydrogen (secondary N) is 2. The minimum atomic E-state index is -0.228. The second kappa shape index (κ2) is 11.0. The predicted octanol–water partition coefficient (Wildman–Crippen LogP) is 4.33. The van der Waals surface area contributed by atoms with Crippen molar-refractivity contribution in [2.75, 3.05) is 38.0 Å². The molecule has 0 radical (unpaired) electrons. The van der Waals surface area contributed by atoms with Gasteiger partial charge in [-0.25, -0.2) is 9.37 Å². The fraction of sp³-hybridized carbons (Fsp3) is 0.556. The number of rotatable bonds is 8. The van der Waals surface area contributed by atoms with E-state index in [0.717, 1.165) is 100.0 Å². The molecule has 3 aromatic rings. The van der Waals surface area contributed by atoms with Crippen molar-refractivity contribution in [3.63, 3.8) is 0 Å². The van der Waals surface area contributed by atoms with Crippen molar-refractivity contribution < 1.29 is 9.50 Å². The quantitative estimate of drug-likeness (QED) is 0.417. The van der Waals surface area contributed by atoms with Crippen molar-refractivity contribution >= 4 is 17.0 Å². The molecule has 2 aliphatic rings. The number of piperazine rings is 1. The van der Waals surface area contributed by atoms with E-state index >= 15 is 4.39 Å². The highest BCUT2D eigenvalue weighted by Gasteiger charge is 2.25. The highest BCUT2D eigenvalue weighted by atomic mass is 19.1. The van der Waals surface area contributed by atoms with Gasteiger partial charge < -0.3 is 20.3 Å². The zero-order chi connectivity index (χ0) is 24.2. The molecule has 1 saturated carbocycles. The number of benzene rings is 1. The number of hydrogen-bond acceptors (Lipinski definition) is 6. The molecule has 2 fully saturated rings. The fourth-order valence-electron chi connectivity index (χ4n) is 5.32. The first kappa shape index (κ1) is 24.2. The molecule has 1 aromatic carbocycles. The number of aliphatic hydroxyl groups excluding tert-OH is 1. The molecule has 1 saturated heterocycles. The standard InChI is InChI=1S/C27H37FN6O/c1-2-3-10-30-27-31-16-23-24(18-34(26(23)32-27)20-5-7-21(35)8-6-20)22-9-4-19(15-25(22)28)17-33-13-11-29-12-14-33/h4,9,15-16,18,20-21,29,35H,2-3,5-8,10-14,17H2,1H3,(H,30,31,32). The van der Waals surface area contributed by atoms with E-state index in [1.54, 1.807) is 6.07 Å². The van der Waals surface area contributed by atoms with E-state index in [0.29, 0.717) is 11.5 Å². The smallest absolute Gasteiger partial charge is 0.224 e. The molecule has 5 rings (SSSR count). The third kappa shape index (κ3) is 5.50. The third-order valence-corrected chi connectivity index (χ3v) is 7.38.